The van der Waals surface area contributed by atoms with Gasteiger partial charge in [0.25, 0.3) is 0 Å². The number of imidazole rings is 1. The molecule has 1 N–H and O–H groups in total. The second-order valence-corrected chi connectivity index (χ2v) is 11.0. The van der Waals surface area contributed by atoms with Crippen LogP contribution in [-0.4, -0.2) is 47.9 Å². The molecule has 0 saturated carbocycles. The van der Waals surface area contributed by atoms with Gasteiger partial charge in [-0.05, 0) is 36.4 Å². The highest BCUT2D eigenvalue weighted by Gasteiger charge is 2.17. The molecule has 1 saturated heterocycles. The van der Waals surface area contributed by atoms with E-state index in [1.807, 2.05) is 66.3 Å². The van der Waals surface area contributed by atoms with Crippen LogP contribution in [0.2, 0.25) is 5.02 Å². The zero-order valence-electron chi connectivity index (χ0n) is 23.0. The van der Waals surface area contributed by atoms with Crippen molar-refractivity contribution in [3.05, 3.63) is 83.8 Å². The molecule has 0 unspecified atom stereocenters. The van der Waals surface area contributed by atoms with E-state index in [0.717, 1.165) is 34.5 Å². The third kappa shape index (κ3) is 5.81. The van der Waals surface area contributed by atoms with Gasteiger partial charge in [-0.3, -0.25) is 4.98 Å². The fourth-order valence-corrected chi connectivity index (χ4v) is 5.81. The topological polar surface area (TPSA) is 97.5 Å². The zero-order valence-corrected chi connectivity index (χ0v) is 24.6. The van der Waals surface area contributed by atoms with Crippen molar-refractivity contribution < 1.29 is 14.2 Å². The maximum absolute atomic E-state index is 9.90. The monoisotopic (exact) mass is 598 g/mol. The smallest absolute Gasteiger partial charge is 0.172 e. The van der Waals surface area contributed by atoms with Crippen LogP contribution >= 0.6 is 23.4 Å². The third-order valence-electron chi connectivity index (χ3n) is 6.87. The first-order valence-electron chi connectivity index (χ1n) is 13.3. The molecule has 9 nitrogen and oxygen atoms in total. The van der Waals surface area contributed by atoms with Crippen molar-refractivity contribution in [3.8, 4) is 23.3 Å². The number of anilines is 3. The molecule has 42 heavy (non-hydrogen) atoms. The normalized spacial score (nSPS) is 13.1. The van der Waals surface area contributed by atoms with E-state index in [1.54, 1.807) is 19.5 Å². The molecule has 212 valence electrons. The standard InChI is InChI=1S/C31H27ClN6O3S/c1-37-9-8-34-31(37)42-29-7-6-21(14-25(29)32)36-30-20(18-33)19-35-26-17-28(27(39-2)16-24(26)30)41-23-5-3-4-22(15-23)38-10-12-40-13-11-38/h3-9,14-17,19H,10-13H2,1-2H3,(H,35,36). The Balaban J connectivity index is 1.30. The van der Waals surface area contributed by atoms with Crippen LogP contribution in [-0.2, 0) is 11.8 Å². The number of methoxy groups -OCH3 is 1. The summed E-state index contributed by atoms with van der Waals surface area (Å²) in [5.74, 6) is 1.71. The molecule has 1 aliphatic heterocycles. The summed E-state index contributed by atoms with van der Waals surface area (Å²) in [5.41, 5.74) is 3.43. The Hall–Kier alpha value is -4.43. The number of fused-ring (bicyclic) bond motifs is 1. The van der Waals surface area contributed by atoms with Gasteiger partial charge in [-0.15, -0.1) is 0 Å². The van der Waals surface area contributed by atoms with Crippen molar-refractivity contribution in [2.75, 3.05) is 43.6 Å². The van der Waals surface area contributed by atoms with E-state index in [9.17, 15) is 5.26 Å². The van der Waals surface area contributed by atoms with E-state index in [-0.39, 0.29) is 0 Å². The van der Waals surface area contributed by atoms with Crippen LogP contribution in [0.1, 0.15) is 5.56 Å². The number of pyridine rings is 1. The van der Waals surface area contributed by atoms with Crippen molar-refractivity contribution >= 4 is 51.3 Å². The van der Waals surface area contributed by atoms with Gasteiger partial charge in [0.2, 0.25) is 0 Å². The number of nitrogens with zero attached hydrogens (tertiary/aromatic N) is 5. The number of halogens is 1. The lowest BCUT2D eigenvalue weighted by atomic mass is 10.1. The molecule has 0 aliphatic carbocycles. The Morgan fingerprint density at radius 1 is 1.07 bits per heavy atom. The second-order valence-electron chi connectivity index (χ2n) is 9.57. The number of morpholine rings is 1. The van der Waals surface area contributed by atoms with Crippen molar-refractivity contribution in [1.82, 2.24) is 14.5 Å². The summed E-state index contributed by atoms with van der Waals surface area (Å²) in [6, 6.07) is 19.5. The maximum Gasteiger partial charge on any atom is 0.172 e. The van der Waals surface area contributed by atoms with Crippen molar-refractivity contribution in [2.45, 2.75) is 10.1 Å². The van der Waals surface area contributed by atoms with E-state index >= 15 is 0 Å². The average molecular weight is 599 g/mol. The lowest BCUT2D eigenvalue weighted by molar-refractivity contribution is 0.122. The predicted octanol–water partition coefficient (Wildman–Crippen LogP) is 7.03. The van der Waals surface area contributed by atoms with E-state index in [2.05, 4.69) is 32.3 Å². The molecule has 0 bridgehead atoms. The molecule has 11 heteroatoms. The van der Waals surface area contributed by atoms with Crippen molar-refractivity contribution in [1.29, 1.82) is 5.26 Å². The highest BCUT2D eigenvalue weighted by atomic mass is 35.5. The number of aryl methyl sites for hydroxylation is 1. The number of hydrogen-bond acceptors (Lipinski definition) is 9. The summed E-state index contributed by atoms with van der Waals surface area (Å²) in [6.07, 6.45) is 5.18. The number of benzene rings is 3. The maximum atomic E-state index is 9.90. The molecule has 1 fully saturated rings. The molecule has 5 aromatic rings. The van der Waals surface area contributed by atoms with Crippen LogP contribution in [0, 0.1) is 11.3 Å². The predicted molar refractivity (Wildman–Crippen MR) is 165 cm³/mol. The molecule has 6 rings (SSSR count). The van der Waals surface area contributed by atoms with Crippen molar-refractivity contribution in [3.63, 3.8) is 0 Å². The van der Waals surface area contributed by atoms with E-state index < -0.39 is 0 Å². The summed E-state index contributed by atoms with van der Waals surface area (Å²) in [7, 11) is 3.52. The first-order valence-corrected chi connectivity index (χ1v) is 14.4. The van der Waals surface area contributed by atoms with Gasteiger partial charge in [-0.1, -0.05) is 29.4 Å². The first-order chi connectivity index (χ1) is 20.5. The highest BCUT2D eigenvalue weighted by Crippen LogP contribution is 2.40. The molecule has 2 aromatic heterocycles. The molecule has 3 heterocycles. The largest absolute Gasteiger partial charge is 0.493 e. The molecule has 0 atom stereocenters. The Labute approximate surface area is 252 Å². The molecule has 3 aromatic carbocycles. The number of rotatable bonds is 8. The first kappa shape index (κ1) is 27.7. The quantitative estimate of drug-likeness (QED) is 0.202. The minimum atomic E-state index is 0.388. The van der Waals surface area contributed by atoms with Crippen LogP contribution in [0.5, 0.6) is 17.2 Å². The molecular formula is C31H27ClN6O3S. The number of ether oxygens (including phenoxy) is 3. The zero-order chi connectivity index (χ0) is 29.1. The summed E-state index contributed by atoms with van der Waals surface area (Å²) in [4.78, 5) is 12.0. The van der Waals surface area contributed by atoms with Crippen LogP contribution < -0.4 is 19.7 Å². The Bertz CT molecular complexity index is 1800. The number of hydrogen-bond donors (Lipinski definition) is 1. The van der Waals surface area contributed by atoms with Gasteiger partial charge < -0.3 is 29.0 Å². The summed E-state index contributed by atoms with van der Waals surface area (Å²) < 4.78 is 19.4. The van der Waals surface area contributed by atoms with E-state index in [0.29, 0.717) is 57.6 Å². The molecule has 1 aliphatic rings. The summed E-state index contributed by atoms with van der Waals surface area (Å²) in [5, 5.41) is 15.4. The van der Waals surface area contributed by atoms with Gasteiger partial charge in [0, 0.05) is 72.5 Å². The summed E-state index contributed by atoms with van der Waals surface area (Å²) in [6.45, 7) is 3.08. The molecular weight excluding hydrogens is 572 g/mol. The Kier molecular flexibility index (Phi) is 8.06. The Morgan fingerprint density at radius 3 is 2.67 bits per heavy atom. The van der Waals surface area contributed by atoms with Gasteiger partial charge >= 0.3 is 0 Å². The van der Waals surface area contributed by atoms with E-state index in [1.165, 1.54) is 11.8 Å². The SMILES string of the molecule is COc1cc2c(Nc3ccc(Sc4nccn4C)c(Cl)c3)c(C#N)cnc2cc1Oc1cccc(N2CCOCC2)c1. The fourth-order valence-electron chi connectivity index (χ4n) is 4.71. The van der Waals surface area contributed by atoms with Gasteiger partial charge in [-0.2, -0.15) is 5.26 Å². The minimum Gasteiger partial charge on any atom is -0.493 e. The number of nitriles is 1. The van der Waals surface area contributed by atoms with Crippen LogP contribution in [0.25, 0.3) is 10.9 Å². The van der Waals surface area contributed by atoms with Gasteiger partial charge in [0.15, 0.2) is 16.7 Å². The number of aromatic nitrogens is 3. The lowest BCUT2D eigenvalue weighted by Crippen LogP contribution is -2.36. The molecule has 0 radical (unpaired) electrons. The highest BCUT2D eigenvalue weighted by molar-refractivity contribution is 7.99. The van der Waals surface area contributed by atoms with Crippen LogP contribution in [0.15, 0.2) is 83.2 Å². The van der Waals surface area contributed by atoms with Gasteiger partial charge in [0.1, 0.15) is 11.8 Å². The second kappa shape index (κ2) is 12.2. The average Bonchev–Trinajstić information content (AvgIpc) is 3.42. The van der Waals surface area contributed by atoms with Crippen LogP contribution in [0.3, 0.4) is 0 Å². The van der Waals surface area contributed by atoms with Crippen LogP contribution in [0.4, 0.5) is 17.1 Å². The minimum absolute atomic E-state index is 0.388. The van der Waals surface area contributed by atoms with Crippen molar-refractivity contribution in [2.24, 2.45) is 7.05 Å². The Morgan fingerprint density at radius 2 is 1.93 bits per heavy atom. The van der Waals surface area contributed by atoms with Gasteiger partial charge in [-0.25, -0.2) is 4.98 Å². The lowest BCUT2D eigenvalue weighted by Gasteiger charge is -2.29. The van der Waals surface area contributed by atoms with E-state index in [4.69, 9.17) is 25.8 Å². The third-order valence-corrected chi connectivity index (χ3v) is 8.45. The van der Waals surface area contributed by atoms with Gasteiger partial charge in [0.05, 0.1) is 42.1 Å². The molecule has 0 amide bonds. The number of nitrogens with one attached hydrogen (secondary N) is 1. The fraction of sp³-hybridized carbons (Fsp3) is 0.194. The summed E-state index contributed by atoms with van der Waals surface area (Å²) >= 11 is 8.12. The molecule has 0 spiro atoms.